The van der Waals surface area contributed by atoms with Crippen LogP contribution in [-0.2, 0) is 4.74 Å². The fraction of sp³-hybridized carbons (Fsp3) is 0.250. The predicted octanol–water partition coefficient (Wildman–Crippen LogP) is 2.15. The quantitative estimate of drug-likeness (QED) is 0.722. The molecule has 3 rings (SSSR count). The molecule has 0 radical (unpaired) electrons. The Balaban J connectivity index is 2.09. The molecule has 0 saturated carbocycles. The standard InChI is InChI=1S/C16H17N5O3/c1-4-24-16(22)12-7-14(13-9-17-10(2)19-13)21(20-12)11-5-6-15(23-3)18-8-11/h5-9H,4H2,1-3H3,(H,17,19). The SMILES string of the molecule is CCOC(=O)c1cc(-c2cnc(C)[nH]2)n(-c2ccc(OC)nc2)n1. The highest BCUT2D eigenvalue weighted by Crippen LogP contribution is 2.23. The van der Waals surface area contributed by atoms with Gasteiger partial charge in [-0.2, -0.15) is 5.10 Å². The molecule has 0 spiro atoms. The summed E-state index contributed by atoms with van der Waals surface area (Å²) in [5.41, 5.74) is 2.33. The number of ether oxygens (including phenoxy) is 2. The summed E-state index contributed by atoms with van der Waals surface area (Å²) in [5, 5.41) is 4.35. The van der Waals surface area contributed by atoms with Gasteiger partial charge in [-0.15, -0.1) is 0 Å². The van der Waals surface area contributed by atoms with Crippen molar-refractivity contribution in [3.63, 3.8) is 0 Å². The largest absolute Gasteiger partial charge is 0.481 e. The highest BCUT2D eigenvalue weighted by Gasteiger charge is 2.19. The number of carbonyl (C=O) groups excluding carboxylic acids is 1. The Kier molecular flexibility index (Phi) is 4.28. The number of aromatic nitrogens is 5. The van der Waals surface area contributed by atoms with E-state index in [0.717, 1.165) is 11.5 Å². The number of hydrogen-bond acceptors (Lipinski definition) is 6. The molecule has 0 fully saturated rings. The number of rotatable bonds is 5. The molecule has 24 heavy (non-hydrogen) atoms. The summed E-state index contributed by atoms with van der Waals surface area (Å²) in [7, 11) is 1.55. The second-order valence-electron chi connectivity index (χ2n) is 4.99. The lowest BCUT2D eigenvalue weighted by Gasteiger charge is -2.06. The van der Waals surface area contributed by atoms with Crippen LogP contribution >= 0.6 is 0 Å². The first-order valence-corrected chi connectivity index (χ1v) is 7.42. The number of aryl methyl sites for hydroxylation is 1. The number of esters is 1. The molecule has 3 aromatic rings. The number of carbonyl (C=O) groups is 1. The summed E-state index contributed by atoms with van der Waals surface area (Å²) in [5.74, 6) is 0.786. The monoisotopic (exact) mass is 327 g/mol. The van der Waals surface area contributed by atoms with Crippen molar-refractivity contribution in [2.45, 2.75) is 13.8 Å². The van der Waals surface area contributed by atoms with Crippen molar-refractivity contribution in [1.29, 1.82) is 0 Å². The average Bonchev–Trinajstić information content (AvgIpc) is 3.21. The molecule has 1 N–H and O–H groups in total. The van der Waals surface area contributed by atoms with Gasteiger partial charge >= 0.3 is 5.97 Å². The minimum atomic E-state index is -0.477. The molecule has 8 nitrogen and oxygen atoms in total. The summed E-state index contributed by atoms with van der Waals surface area (Å²) in [6, 6.07) is 5.19. The van der Waals surface area contributed by atoms with E-state index in [1.807, 2.05) is 6.92 Å². The third kappa shape index (κ3) is 2.98. The van der Waals surface area contributed by atoms with Gasteiger partial charge in [-0.05, 0) is 19.9 Å². The van der Waals surface area contributed by atoms with E-state index in [1.165, 1.54) is 0 Å². The number of nitrogens with zero attached hydrogens (tertiary/aromatic N) is 4. The number of methoxy groups -OCH3 is 1. The molecule has 3 heterocycles. The summed E-state index contributed by atoms with van der Waals surface area (Å²) in [4.78, 5) is 23.5. The third-order valence-corrected chi connectivity index (χ3v) is 3.35. The van der Waals surface area contributed by atoms with Crippen molar-refractivity contribution in [2.24, 2.45) is 0 Å². The van der Waals surface area contributed by atoms with Crippen LogP contribution in [0.2, 0.25) is 0 Å². The van der Waals surface area contributed by atoms with Crippen LogP contribution in [0, 0.1) is 6.92 Å². The van der Waals surface area contributed by atoms with Gasteiger partial charge in [0.05, 0.1) is 43.2 Å². The fourth-order valence-electron chi connectivity index (χ4n) is 2.24. The Labute approximate surface area is 138 Å². The van der Waals surface area contributed by atoms with E-state index in [1.54, 1.807) is 49.3 Å². The van der Waals surface area contributed by atoms with E-state index in [0.29, 0.717) is 17.3 Å². The minimum Gasteiger partial charge on any atom is -0.481 e. The lowest BCUT2D eigenvalue weighted by molar-refractivity contribution is 0.0519. The zero-order valence-electron chi connectivity index (χ0n) is 13.6. The lowest BCUT2D eigenvalue weighted by atomic mass is 10.3. The average molecular weight is 327 g/mol. The molecule has 8 heteroatoms. The smallest absolute Gasteiger partial charge is 0.358 e. The predicted molar refractivity (Wildman–Crippen MR) is 86.2 cm³/mol. The van der Waals surface area contributed by atoms with Crippen molar-refractivity contribution in [3.05, 3.63) is 42.1 Å². The second kappa shape index (κ2) is 6.53. The van der Waals surface area contributed by atoms with Crippen molar-refractivity contribution in [2.75, 3.05) is 13.7 Å². The fourth-order valence-corrected chi connectivity index (χ4v) is 2.24. The van der Waals surface area contributed by atoms with Crippen LogP contribution in [0.25, 0.3) is 17.1 Å². The van der Waals surface area contributed by atoms with E-state index >= 15 is 0 Å². The van der Waals surface area contributed by atoms with Gasteiger partial charge < -0.3 is 14.5 Å². The Hall–Kier alpha value is -3.16. The topological polar surface area (TPSA) is 94.9 Å². The summed E-state index contributed by atoms with van der Waals surface area (Å²) >= 11 is 0. The Morgan fingerprint density at radius 1 is 1.29 bits per heavy atom. The Morgan fingerprint density at radius 2 is 2.12 bits per heavy atom. The molecule has 0 bridgehead atoms. The number of hydrogen-bond donors (Lipinski definition) is 1. The number of nitrogens with one attached hydrogen (secondary N) is 1. The van der Waals surface area contributed by atoms with Gasteiger partial charge in [-0.3, -0.25) is 0 Å². The molecular weight excluding hydrogens is 310 g/mol. The molecule has 0 saturated heterocycles. The molecular formula is C16H17N5O3. The van der Waals surface area contributed by atoms with E-state index < -0.39 is 5.97 Å². The van der Waals surface area contributed by atoms with E-state index in [9.17, 15) is 4.79 Å². The highest BCUT2D eigenvalue weighted by atomic mass is 16.5. The maximum absolute atomic E-state index is 12.0. The van der Waals surface area contributed by atoms with Crippen molar-refractivity contribution < 1.29 is 14.3 Å². The van der Waals surface area contributed by atoms with Crippen LogP contribution in [0.15, 0.2) is 30.6 Å². The van der Waals surface area contributed by atoms with Gasteiger partial charge in [-0.25, -0.2) is 19.4 Å². The second-order valence-corrected chi connectivity index (χ2v) is 4.99. The number of H-pyrrole nitrogens is 1. The number of aromatic amines is 1. The number of pyridine rings is 1. The highest BCUT2D eigenvalue weighted by molar-refractivity contribution is 5.88. The lowest BCUT2D eigenvalue weighted by Crippen LogP contribution is -2.07. The number of imidazole rings is 1. The first kappa shape index (κ1) is 15.7. The zero-order valence-corrected chi connectivity index (χ0v) is 13.6. The first-order valence-electron chi connectivity index (χ1n) is 7.42. The van der Waals surface area contributed by atoms with Gasteiger partial charge in [0.15, 0.2) is 5.69 Å². The van der Waals surface area contributed by atoms with Crippen LogP contribution < -0.4 is 4.74 Å². The van der Waals surface area contributed by atoms with Gasteiger partial charge in [0, 0.05) is 12.1 Å². The summed E-state index contributed by atoms with van der Waals surface area (Å²) in [6.07, 6.45) is 3.31. The van der Waals surface area contributed by atoms with E-state index in [2.05, 4.69) is 20.1 Å². The molecule has 0 aliphatic rings. The molecule has 0 aliphatic heterocycles. The summed E-state index contributed by atoms with van der Waals surface area (Å²) < 4.78 is 11.7. The maximum Gasteiger partial charge on any atom is 0.358 e. The van der Waals surface area contributed by atoms with Crippen LogP contribution in [0.4, 0.5) is 0 Å². The van der Waals surface area contributed by atoms with Gasteiger partial charge in [-0.1, -0.05) is 0 Å². The first-order chi connectivity index (χ1) is 11.6. The third-order valence-electron chi connectivity index (χ3n) is 3.35. The molecule has 0 unspecified atom stereocenters. The van der Waals surface area contributed by atoms with Crippen LogP contribution in [0.1, 0.15) is 23.2 Å². The molecule has 0 aromatic carbocycles. The Bertz CT molecular complexity index is 851. The molecule has 0 aliphatic carbocycles. The van der Waals surface area contributed by atoms with Crippen LogP contribution in [0.3, 0.4) is 0 Å². The van der Waals surface area contributed by atoms with Crippen molar-refractivity contribution in [3.8, 4) is 23.0 Å². The maximum atomic E-state index is 12.0. The normalized spacial score (nSPS) is 10.6. The molecule has 124 valence electrons. The van der Waals surface area contributed by atoms with Gasteiger partial charge in [0.2, 0.25) is 5.88 Å². The minimum absolute atomic E-state index is 0.218. The Morgan fingerprint density at radius 3 is 2.71 bits per heavy atom. The molecule has 0 amide bonds. The summed E-state index contributed by atoms with van der Waals surface area (Å²) in [6.45, 7) is 3.89. The van der Waals surface area contributed by atoms with Crippen molar-refractivity contribution in [1.82, 2.24) is 24.7 Å². The molecule has 3 aromatic heterocycles. The van der Waals surface area contributed by atoms with E-state index in [4.69, 9.17) is 9.47 Å². The van der Waals surface area contributed by atoms with Crippen LogP contribution in [0.5, 0.6) is 5.88 Å². The van der Waals surface area contributed by atoms with Gasteiger partial charge in [0.1, 0.15) is 5.82 Å². The van der Waals surface area contributed by atoms with Crippen molar-refractivity contribution >= 4 is 5.97 Å². The van der Waals surface area contributed by atoms with Gasteiger partial charge in [0.25, 0.3) is 0 Å². The zero-order chi connectivity index (χ0) is 17.1. The van der Waals surface area contributed by atoms with Crippen LogP contribution in [-0.4, -0.2) is 44.4 Å². The molecule has 0 atom stereocenters. The van der Waals surface area contributed by atoms with E-state index in [-0.39, 0.29) is 12.3 Å².